The second kappa shape index (κ2) is 8.50. The Kier molecular flexibility index (Phi) is 6.99. The van der Waals surface area contributed by atoms with Gasteiger partial charge in [-0.2, -0.15) is 0 Å². The van der Waals surface area contributed by atoms with E-state index in [0.717, 1.165) is 0 Å². The van der Waals surface area contributed by atoms with Crippen LogP contribution in [0.25, 0.3) is 0 Å². The van der Waals surface area contributed by atoms with Crippen LogP contribution in [0.1, 0.15) is 24.4 Å². The van der Waals surface area contributed by atoms with E-state index in [-0.39, 0.29) is 16.0 Å². The molecule has 0 aliphatic rings. The number of hydrogen-bond donors (Lipinski definition) is 3. The van der Waals surface area contributed by atoms with Crippen LogP contribution in [0.3, 0.4) is 0 Å². The van der Waals surface area contributed by atoms with Crippen molar-refractivity contribution < 1.29 is 31.0 Å². The van der Waals surface area contributed by atoms with Gasteiger partial charge >= 0.3 is 88.4 Å². The Hall–Kier alpha value is -2.12. The van der Waals surface area contributed by atoms with Crippen molar-refractivity contribution in [3.8, 4) is 0 Å². The molecule has 0 saturated carbocycles. The van der Waals surface area contributed by atoms with Gasteiger partial charge in [-0.1, -0.05) is 0 Å². The number of Topliss-reactive ketones (excluding diaryl/α,β-unsaturated/α-hetero) is 1. The summed E-state index contributed by atoms with van der Waals surface area (Å²) in [6.07, 6.45) is 1.48. The van der Waals surface area contributed by atoms with Crippen LogP contribution in [0, 0.1) is 0 Å². The van der Waals surface area contributed by atoms with E-state index in [2.05, 4.69) is 9.19 Å². The maximum atomic E-state index is 11.3. The van der Waals surface area contributed by atoms with Gasteiger partial charge in [-0.25, -0.2) is 0 Å². The maximum Gasteiger partial charge on any atom is 0.194 e. The number of ketones is 1. The van der Waals surface area contributed by atoms with Crippen molar-refractivity contribution >= 4 is 35.9 Å². The standard InChI is InChI=1S/C8H10AsNO5.C6H6O2/c1-6(11)10-8-4-2-3-7(5-8)9(12,13)15-14;1-5(7)6-3-2-4-8-6/h2-5,14H,1H3,(H,10,11)(H,12,13);2-4H,1H3. The van der Waals surface area contributed by atoms with E-state index in [1.807, 2.05) is 0 Å². The van der Waals surface area contributed by atoms with Gasteiger partial charge in [0.15, 0.2) is 11.5 Å². The van der Waals surface area contributed by atoms with Crippen molar-refractivity contribution in [2.24, 2.45) is 0 Å². The van der Waals surface area contributed by atoms with Gasteiger partial charge in [-0.3, -0.25) is 4.79 Å². The predicted octanol–water partition coefficient (Wildman–Crippen LogP) is 1.19. The summed E-state index contributed by atoms with van der Waals surface area (Å²) in [6.45, 7) is 2.79. The summed E-state index contributed by atoms with van der Waals surface area (Å²) >= 11 is -4.83. The van der Waals surface area contributed by atoms with E-state index in [1.165, 1.54) is 38.3 Å². The Labute approximate surface area is 135 Å². The first kappa shape index (κ1) is 18.9. The van der Waals surface area contributed by atoms with Gasteiger partial charge in [0, 0.05) is 6.92 Å². The fourth-order valence-corrected chi connectivity index (χ4v) is 2.90. The molecule has 0 fully saturated rings. The maximum absolute atomic E-state index is 11.3. The number of benzene rings is 1. The zero-order valence-electron chi connectivity index (χ0n) is 12.4. The van der Waals surface area contributed by atoms with Crippen molar-refractivity contribution in [2.75, 3.05) is 5.32 Å². The van der Waals surface area contributed by atoms with Crippen LogP contribution >= 0.6 is 0 Å². The van der Waals surface area contributed by atoms with Crippen molar-refractivity contribution in [3.63, 3.8) is 0 Å². The molecule has 1 unspecified atom stereocenters. The summed E-state index contributed by atoms with van der Waals surface area (Å²) in [4.78, 5) is 21.1. The Balaban J connectivity index is 0.000000277. The molecule has 8 nitrogen and oxygen atoms in total. The van der Waals surface area contributed by atoms with E-state index in [9.17, 15) is 17.4 Å². The van der Waals surface area contributed by atoms with Gasteiger partial charge in [0.25, 0.3) is 0 Å². The molecule has 0 bridgehead atoms. The molecule has 0 saturated heterocycles. The molecule has 2 rings (SSSR count). The molecule has 2 aromatic rings. The average molecular weight is 385 g/mol. The van der Waals surface area contributed by atoms with Gasteiger partial charge in [0.1, 0.15) is 0 Å². The molecule has 3 N–H and O–H groups in total. The first-order valence-electron chi connectivity index (χ1n) is 6.35. The average Bonchev–Trinajstić information content (AvgIpc) is 3.02. The summed E-state index contributed by atoms with van der Waals surface area (Å²) in [5.74, 6) is 0.0946. The molecular weight excluding hydrogens is 369 g/mol. The van der Waals surface area contributed by atoms with E-state index in [4.69, 9.17) is 9.67 Å². The normalized spacial score (nSPS) is 12.5. The molecule has 124 valence electrons. The first-order valence-corrected chi connectivity index (χ1v) is 9.66. The zero-order valence-corrected chi connectivity index (χ0v) is 14.3. The molecule has 0 spiro atoms. The minimum atomic E-state index is -4.83. The third-order valence-electron chi connectivity index (χ3n) is 2.47. The zero-order chi connectivity index (χ0) is 17.5. The third-order valence-corrected chi connectivity index (χ3v) is 4.89. The largest absolute Gasteiger partial charge is 0.461 e. The predicted molar refractivity (Wildman–Crippen MR) is 81.5 cm³/mol. The molecule has 9 heteroatoms. The smallest absolute Gasteiger partial charge is 0.194 e. The number of carbonyl (C=O) groups is 2. The Morgan fingerprint density at radius 3 is 2.35 bits per heavy atom. The van der Waals surface area contributed by atoms with E-state index in [0.29, 0.717) is 11.4 Å². The van der Waals surface area contributed by atoms with Crippen molar-refractivity contribution in [3.05, 3.63) is 48.4 Å². The fourth-order valence-electron chi connectivity index (χ4n) is 1.49. The molecule has 1 aromatic heterocycles. The number of amides is 1. The monoisotopic (exact) mass is 385 g/mol. The second-order valence-corrected chi connectivity index (χ2v) is 7.98. The SMILES string of the molecule is CC(=O)Nc1cccc([As](=O)(O)OO)c1.CC(=O)c1ccco1. The quantitative estimate of drug-likeness (QED) is 0.312. The number of rotatable bonds is 4. The van der Waals surface area contributed by atoms with Crippen molar-refractivity contribution in [1.82, 2.24) is 0 Å². The fraction of sp³-hybridized carbons (Fsp3) is 0.143. The summed E-state index contributed by atoms with van der Waals surface area (Å²) in [7, 11) is 0. The third kappa shape index (κ3) is 6.25. The first-order chi connectivity index (χ1) is 10.8. The summed E-state index contributed by atoms with van der Waals surface area (Å²) in [5, 5.41) is 10.7. The van der Waals surface area contributed by atoms with Crippen molar-refractivity contribution in [2.45, 2.75) is 13.8 Å². The second-order valence-electron chi connectivity index (χ2n) is 4.37. The van der Waals surface area contributed by atoms with Crippen LogP contribution in [-0.2, 0) is 12.4 Å². The molecular formula is C14H16AsNO7. The number of carbonyl (C=O) groups excluding carboxylic acids is 2. The van der Waals surface area contributed by atoms with Crippen LogP contribution in [0.2, 0.25) is 0 Å². The minimum absolute atomic E-state index is 0.0324. The van der Waals surface area contributed by atoms with Gasteiger partial charge < -0.3 is 4.42 Å². The van der Waals surface area contributed by atoms with Gasteiger partial charge in [0.05, 0.1) is 6.26 Å². The molecule has 0 aliphatic heterocycles. The van der Waals surface area contributed by atoms with Crippen LogP contribution in [0.4, 0.5) is 5.69 Å². The van der Waals surface area contributed by atoms with Gasteiger partial charge in [-0.15, -0.1) is 0 Å². The molecule has 1 heterocycles. The number of hydrogen-bond acceptors (Lipinski definition) is 6. The van der Waals surface area contributed by atoms with Crippen molar-refractivity contribution in [1.29, 1.82) is 0 Å². The number of furan rings is 1. The molecule has 1 atom stereocenters. The molecule has 1 amide bonds. The Bertz CT molecular complexity index is 712. The van der Waals surface area contributed by atoms with Gasteiger partial charge in [-0.05, 0) is 12.1 Å². The van der Waals surface area contributed by atoms with Crippen LogP contribution < -0.4 is 9.67 Å². The molecule has 0 radical (unpaired) electrons. The molecule has 0 aliphatic carbocycles. The van der Waals surface area contributed by atoms with E-state index >= 15 is 0 Å². The van der Waals surface area contributed by atoms with Crippen LogP contribution in [0.15, 0.2) is 47.1 Å². The summed E-state index contributed by atoms with van der Waals surface area (Å²) < 4.78 is 28.7. The van der Waals surface area contributed by atoms with E-state index in [1.54, 1.807) is 18.2 Å². The molecule has 1 aromatic carbocycles. The van der Waals surface area contributed by atoms with E-state index < -0.39 is 14.2 Å². The molecule has 23 heavy (non-hydrogen) atoms. The van der Waals surface area contributed by atoms with Crippen LogP contribution in [-0.4, -0.2) is 35.2 Å². The number of anilines is 1. The van der Waals surface area contributed by atoms with Gasteiger partial charge in [0.2, 0.25) is 0 Å². The topological polar surface area (TPSA) is 126 Å². The minimum Gasteiger partial charge on any atom is -0.461 e. The summed E-state index contributed by atoms with van der Waals surface area (Å²) in [5.41, 5.74) is 0.368. The van der Waals surface area contributed by atoms with Crippen LogP contribution in [0.5, 0.6) is 0 Å². The number of nitrogens with one attached hydrogen (secondary N) is 1. The Morgan fingerprint density at radius 2 is 1.91 bits per heavy atom. The summed E-state index contributed by atoms with van der Waals surface area (Å²) in [6, 6.07) is 8.97. The Morgan fingerprint density at radius 1 is 1.22 bits per heavy atom.